The first kappa shape index (κ1) is 14.0. The standard InChI is InChI=1S/C14H20Cl2N2/c1-17(9-10-18-7-2-3-8-18)14-12(11-15)5-4-6-13(14)16/h4-6H,2-3,7-11H2,1H3. The van der Waals surface area contributed by atoms with Crippen LogP contribution in [0.2, 0.25) is 5.02 Å². The molecule has 0 amide bonds. The van der Waals surface area contributed by atoms with E-state index in [0.29, 0.717) is 5.88 Å². The molecule has 0 spiro atoms. The Morgan fingerprint density at radius 3 is 2.67 bits per heavy atom. The molecule has 0 aliphatic carbocycles. The average molecular weight is 287 g/mol. The molecule has 1 fully saturated rings. The minimum absolute atomic E-state index is 0.504. The van der Waals surface area contributed by atoms with Crippen molar-refractivity contribution in [2.45, 2.75) is 18.7 Å². The smallest absolute Gasteiger partial charge is 0.0642 e. The van der Waals surface area contributed by atoms with Gasteiger partial charge in [0.2, 0.25) is 0 Å². The van der Waals surface area contributed by atoms with Crippen LogP contribution < -0.4 is 4.90 Å². The Balaban J connectivity index is 2.01. The lowest BCUT2D eigenvalue weighted by atomic mass is 10.2. The normalized spacial score (nSPS) is 16.2. The van der Waals surface area contributed by atoms with Crippen molar-refractivity contribution in [1.29, 1.82) is 0 Å². The molecule has 2 rings (SSSR count). The molecular weight excluding hydrogens is 267 g/mol. The van der Waals surface area contributed by atoms with Crippen LogP contribution in [0, 0.1) is 0 Å². The SMILES string of the molecule is CN(CCN1CCCC1)c1c(Cl)cccc1CCl. The van der Waals surface area contributed by atoms with Gasteiger partial charge in [0.1, 0.15) is 0 Å². The van der Waals surface area contributed by atoms with E-state index in [1.807, 2.05) is 18.2 Å². The molecule has 1 saturated heterocycles. The second kappa shape index (κ2) is 6.65. The zero-order valence-corrected chi connectivity index (χ0v) is 12.3. The molecule has 1 aliphatic rings. The molecule has 1 aromatic rings. The maximum Gasteiger partial charge on any atom is 0.0642 e. The number of hydrogen-bond acceptors (Lipinski definition) is 2. The summed E-state index contributed by atoms with van der Waals surface area (Å²) in [7, 11) is 2.09. The van der Waals surface area contributed by atoms with E-state index in [1.54, 1.807) is 0 Å². The van der Waals surface area contributed by atoms with E-state index in [4.69, 9.17) is 23.2 Å². The number of halogens is 2. The summed E-state index contributed by atoms with van der Waals surface area (Å²) >= 11 is 12.3. The minimum atomic E-state index is 0.504. The van der Waals surface area contributed by atoms with Crippen LogP contribution in [0.4, 0.5) is 5.69 Å². The summed E-state index contributed by atoms with van der Waals surface area (Å²) in [5.41, 5.74) is 2.18. The molecule has 1 aliphatic heterocycles. The largest absolute Gasteiger partial charge is 0.372 e. The first-order valence-corrected chi connectivity index (χ1v) is 7.40. The first-order valence-electron chi connectivity index (χ1n) is 6.49. The molecule has 0 bridgehead atoms. The highest BCUT2D eigenvalue weighted by Crippen LogP contribution is 2.30. The molecule has 2 nitrogen and oxygen atoms in total. The summed E-state index contributed by atoms with van der Waals surface area (Å²) in [5.74, 6) is 0.504. The third-order valence-electron chi connectivity index (χ3n) is 3.55. The van der Waals surface area contributed by atoms with Gasteiger partial charge in [0, 0.05) is 26.0 Å². The van der Waals surface area contributed by atoms with Crippen LogP contribution in [-0.2, 0) is 5.88 Å². The molecule has 4 heteroatoms. The van der Waals surface area contributed by atoms with Crippen LogP contribution in [0.5, 0.6) is 0 Å². The summed E-state index contributed by atoms with van der Waals surface area (Å²) < 4.78 is 0. The lowest BCUT2D eigenvalue weighted by molar-refractivity contribution is 0.346. The number of rotatable bonds is 5. The van der Waals surface area contributed by atoms with Gasteiger partial charge in [-0.25, -0.2) is 0 Å². The summed E-state index contributed by atoms with van der Waals surface area (Å²) in [6, 6.07) is 5.93. The Labute approximate surface area is 119 Å². The quantitative estimate of drug-likeness (QED) is 0.763. The molecular formula is C14H20Cl2N2. The molecule has 0 saturated carbocycles. The maximum atomic E-state index is 6.28. The van der Waals surface area contributed by atoms with Crippen molar-refractivity contribution in [3.63, 3.8) is 0 Å². The number of nitrogens with zero attached hydrogens (tertiary/aromatic N) is 2. The van der Waals surface area contributed by atoms with E-state index in [2.05, 4.69) is 16.8 Å². The monoisotopic (exact) mass is 286 g/mol. The lowest BCUT2D eigenvalue weighted by Crippen LogP contribution is -2.31. The van der Waals surface area contributed by atoms with Crippen molar-refractivity contribution >= 4 is 28.9 Å². The van der Waals surface area contributed by atoms with E-state index in [0.717, 1.165) is 29.4 Å². The second-order valence-electron chi connectivity index (χ2n) is 4.85. The van der Waals surface area contributed by atoms with Crippen LogP contribution in [-0.4, -0.2) is 38.1 Å². The average Bonchev–Trinajstić information content (AvgIpc) is 2.88. The van der Waals surface area contributed by atoms with Crippen molar-refractivity contribution < 1.29 is 0 Å². The Bertz CT molecular complexity index is 389. The minimum Gasteiger partial charge on any atom is -0.372 e. The van der Waals surface area contributed by atoms with Crippen molar-refractivity contribution in [1.82, 2.24) is 4.90 Å². The molecule has 100 valence electrons. The van der Waals surface area contributed by atoms with Gasteiger partial charge < -0.3 is 9.80 Å². The van der Waals surface area contributed by atoms with Gasteiger partial charge in [0.05, 0.1) is 10.7 Å². The lowest BCUT2D eigenvalue weighted by Gasteiger charge is -2.25. The van der Waals surface area contributed by atoms with Crippen LogP contribution in [0.1, 0.15) is 18.4 Å². The van der Waals surface area contributed by atoms with Gasteiger partial charge in [-0.1, -0.05) is 23.7 Å². The fourth-order valence-electron chi connectivity index (χ4n) is 2.50. The van der Waals surface area contributed by atoms with Gasteiger partial charge in [-0.05, 0) is 37.6 Å². The topological polar surface area (TPSA) is 6.48 Å². The summed E-state index contributed by atoms with van der Waals surface area (Å²) in [4.78, 5) is 4.73. The van der Waals surface area contributed by atoms with Gasteiger partial charge in [-0.2, -0.15) is 0 Å². The molecule has 0 atom stereocenters. The van der Waals surface area contributed by atoms with Gasteiger partial charge in [0.25, 0.3) is 0 Å². The zero-order valence-electron chi connectivity index (χ0n) is 10.8. The predicted molar refractivity (Wildman–Crippen MR) is 80.0 cm³/mol. The Hall–Kier alpha value is -0.440. The molecule has 1 aromatic carbocycles. The van der Waals surface area contributed by atoms with Gasteiger partial charge in [0.15, 0.2) is 0 Å². The zero-order chi connectivity index (χ0) is 13.0. The number of alkyl halides is 1. The summed E-state index contributed by atoms with van der Waals surface area (Å²) in [6.07, 6.45) is 2.67. The Morgan fingerprint density at radius 2 is 2.00 bits per heavy atom. The van der Waals surface area contributed by atoms with E-state index < -0.39 is 0 Å². The molecule has 0 radical (unpaired) electrons. The van der Waals surface area contributed by atoms with E-state index in [9.17, 15) is 0 Å². The van der Waals surface area contributed by atoms with Gasteiger partial charge in [-0.3, -0.25) is 0 Å². The highest BCUT2D eigenvalue weighted by Gasteiger charge is 2.14. The number of benzene rings is 1. The number of likely N-dealkylation sites (tertiary alicyclic amines) is 1. The number of para-hydroxylation sites is 1. The molecule has 0 aromatic heterocycles. The van der Waals surface area contributed by atoms with Crippen molar-refractivity contribution in [3.8, 4) is 0 Å². The third kappa shape index (κ3) is 3.31. The molecule has 18 heavy (non-hydrogen) atoms. The molecule has 0 N–H and O–H groups in total. The summed E-state index contributed by atoms with van der Waals surface area (Å²) in [5, 5.41) is 0.789. The number of anilines is 1. The van der Waals surface area contributed by atoms with Crippen molar-refractivity contribution in [2.24, 2.45) is 0 Å². The van der Waals surface area contributed by atoms with Crippen LogP contribution >= 0.6 is 23.2 Å². The van der Waals surface area contributed by atoms with Crippen molar-refractivity contribution in [3.05, 3.63) is 28.8 Å². The van der Waals surface area contributed by atoms with Gasteiger partial charge >= 0.3 is 0 Å². The highest BCUT2D eigenvalue weighted by atomic mass is 35.5. The number of likely N-dealkylation sites (N-methyl/N-ethyl adjacent to an activating group) is 1. The van der Waals surface area contributed by atoms with E-state index in [-0.39, 0.29) is 0 Å². The maximum absolute atomic E-state index is 6.28. The van der Waals surface area contributed by atoms with Crippen LogP contribution in [0.3, 0.4) is 0 Å². The molecule has 0 unspecified atom stereocenters. The third-order valence-corrected chi connectivity index (χ3v) is 4.14. The number of hydrogen-bond donors (Lipinski definition) is 0. The fourth-order valence-corrected chi connectivity index (χ4v) is 3.06. The van der Waals surface area contributed by atoms with Crippen LogP contribution in [0.15, 0.2) is 18.2 Å². The Kier molecular flexibility index (Phi) is 5.16. The molecule has 1 heterocycles. The van der Waals surface area contributed by atoms with Crippen molar-refractivity contribution in [2.75, 3.05) is 38.1 Å². The highest BCUT2D eigenvalue weighted by molar-refractivity contribution is 6.33. The van der Waals surface area contributed by atoms with Crippen LogP contribution in [0.25, 0.3) is 0 Å². The second-order valence-corrected chi connectivity index (χ2v) is 5.53. The van der Waals surface area contributed by atoms with E-state index in [1.165, 1.54) is 25.9 Å². The van der Waals surface area contributed by atoms with E-state index >= 15 is 0 Å². The first-order chi connectivity index (χ1) is 8.72. The Morgan fingerprint density at radius 1 is 1.28 bits per heavy atom. The van der Waals surface area contributed by atoms with Gasteiger partial charge in [-0.15, -0.1) is 11.6 Å². The fraction of sp³-hybridized carbons (Fsp3) is 0.571. The predicted octanol–water partition coefficient (Wildman–Crippen LogP) is 3.61. The summed E-state index contributed by atoms with van der Waals surface area (Å²) in [6.45, 7) is 4.56.